The van der Waals surface area contributed by atoms with Gasteiger partial charge in [0.2, 0.25) is 0 Å². The van der Waals surface area contributed by atoms with Crippen molar-refractivity contribution in [3.8, 4) is 17.2 Å². The number of hydrogen-bond donors (Lipinski definition) is 3. The summed E-state index contributed by atoms with van der Waals surface area (Å²) >= 11 is 0. The summed E-state index contributed by atoms with van der Waals surface area (Å²) in [5.41, 5.74) is 0.104. The maximum Gasteiger partial charge on any atom is 0.396 e. The van der Waals surface area contributed by atoms with E-state index in [2.05, 4.69) is 0 Å². The SMILES string of the molecule is O=C(c1ccc(OCCO)c(Cc2ccc(Oc3ccccc3)cc2)c1)P(=O)(O)O. The van der Waals surface area contributed by atoms with Crippen molar-refractivity contribution in [2.75, 3.05) is 13.2 Å². The third-order valence-electron chi connectivity index (χ3n) is 4.22. The molecule has 0 saturated heterocycles. The molecule has 156 valence electrons. The van der Waals surface area contributed by atoms with Crippen LogP contribution in [0.25, 0.3) is 0 Å². The molecule has 0 atom stereocenters. The van der Waals surface area contributed by atoms with Gasteiger partial charge in [-0.1, -0.05) is 30.3 Å². The number of aliphatic hydroxyl groups is 1. The molecule has 3 aromatic carbocycles. The third kappa shape index (κ3) is 5.78. The van der Waals surface area contributed by atoms with Crippen molar-refractivity contribution in [1.82, 2.24) is 0 Å². The molecule has 0 heterocycles. The highest BCUT2D eigenvalue weighted by molar-refractivity contribution is 7.70. The maximum absolute atomic E-state index is 12.0. The summed E-state index contributed by atoms with van der Waals surface area (Å²) in [4.78, 5) is 30.3. The summed E-state index contributed by atoms with van der Waals surface area (Å²) in [6.07, 6.45) is 0.356. The molecule has 0 aliphatic heterocycles. The first-order valence-electron chi connectivity index (χ1n) is 9.15. The number of aliphatic hydroxyl groups excluding tert-OH is 1. The molecule has 0 bridgehead atoms. The minimum absolute atomic E-state index is 0.0582. The highest BCUT2D eigenvalue weighted by Gasteiger charge is 2.28. The van der Waals surface area contributed by atoms with Crippen molar-refractivity contribution >= 4 is 13.1 Å². The Bertz CT molecular complexity index is 1040. The Balaban J connectivity index is 1.82. The molecule has 3 rings (SSSR count). The summed E-state index contributed by atoms with van der Waals surface area (Å²) < 4.78 is 22.6. The molecule has 0 saturated carbocycles. The quantitative estimate of drug-likeness (QED) is 0.445. The van der Waals surface area contributed by atoms with Crippen LogP contribution in [0.5, 0.6) is 17.2 Å². The van der Waals surface area contributed by atoms with Crippen molar-refractivity contribution in [1.29, 1.82) is 0 Å². The van der Waals surface area contributed by atoms with Crippen LogP contribution < -0.4 is 9.47 Å². The van der Waals surface area contributed by atoms with Crippen LogP contribution in [0.1, 0.15) is 21.5 Å². The van der Waals surface area contributed by atoms with Gasteiger partial charge in [0.25, 0.3) is 5.52 Å². The van der Waals surface area contributed by atoms with E-state index in [9.17, 15) is 9.36 Å². The second-order valence-electron chi connectivity index (χ2n) is 6.48. The molecule has 0 aliphatic carbocycles. The lowest BCUT2D eigenvalue weighted by Gasteiger charge is -2.13. The molecule has 30 heavy (non-hydrogen) atoms. The van der Waals surface area contributed by atoms with E-state index < -0.39 is 13.1 Å². The predicted octanol–water partition coefficient (Wildman–Crippen LogP) is 3.76. The average Bonchev–Trinajstić information content (AvgIpc) is 2.74. The summed E-state index contributed by atoms with van der Waals surface area (Å²) in [7, 11) is -4.89. The first-order valence-corrected chi connectivity index (χ1v) is 10.8. The molecule has 0 spiro atoms. The zero-order valence-electron chi connectivity index (χ0n) is 16.0. The summed E-state index contributed by atoms with van der Waals surface area (Å²) in [5.74, 6) is 1.80. The second kappa shape index (κ2) is 9.69. The normalized spacial score (nSPS) is 11.2. The second-order valence-corrected chi connectivity index (χ2v) is 7.97. The molecule has 0 aliphatic rings. The standard InChI is InChI=1S/C22H21O7P/c23-12-13-28-21-11-8-17(22(24)30(25,26)27)15-18(21)14-16-6-9-20(10-7-16)29-19-4-2-1-3-5-19/h1-11,15,23H,12-14H2,(H2,25,26,27). The fourth-order valence-corrected chi connectivity index (χ4v) is 3.31. The zero-order valence-corrected chi connectivity index (χ0v) is 16.9. The van der Waals surface area contributed by atoms with Gasteiger partial charge < -0.3 is 24.4 Å². The minimum Gasteiger partial charge on any atom is -0.491 e. The Morgan fingerprint density at radius 1 is 0.900 bits per heavy atom. The average molecular weight is 428 g/mol. The van der Waals surface area contributed by atoms with Crippen LogP contribution >= 0.6 is 7.60 Å². The van der Waals surface area contributed by atoms with E-state index in [0.717, 1.165) is 5.56 Å². The Morgan fingerprint density at radius 2 is 1.57 bits per heavy atom. The zero-order chi connectivity index (χ0) is 21.6. The highest BCUT2D eigenvalue weighted by atomic mass is 31.2. The number of para-hydroxylation sites is 1. The molecule has 8 heteroatoms. The fraction of sp³-hybridized carbons (Fsp3) is 0.136. The van der Waals surface area contributed by atoms with Crippen molar-refractivity contribution in [2.45, 2.75) is 6.42 Å². The Morgan fingerprint density at radius 3 is 2.20 bits per heavy atom. The van der Waals surface area contributed by atoms with Crippen molar-refractivity contribution in [2.24, 2.45) is 0 Å². The van der Waals surface area contributed by atoms with Crippen LogP contribution in [0.4, 0.5) is 0 Å². The van der Waals surface area contributed by atoms with Crippen LogP contribution in [0.2, 0.25) is 0 Å². The van der Waals surface area contributed by atoms with Gasteiger partial charge in [0.05, 0.1) is 6.61 Å². The Kier molecular flexibility index (Phi) is 7.03. The van der Waals surface area contributed by atoms with E-state index in [4.69, 9.17) is 24.4 Å². The number of carbonyl (C=O) groups is 1. The van der Waals surface area contributed by atoms with E-state index in [1.165, 1.54) is 18.2 Å². The fourth-order valence-electron chi connectivity index (χ4n) is 2.84. The highest BCUT2D eigenvalue weighted by Crippen LogP contribution is 2.40. The molecular weight excluding hydrogens is 407 g/mol. The van der Waals surface area contributed by atoms with Gasteiger partial charge in [-0.25, -0.2) is 0 Å². The summed E-state index contributed by atoms with van der Waals surface area (Å²) in [6.45, 7) is -0.128. The Labute approximate surface area is 173 Å². The summed E-state index contributed by atoms with van der Waals surface area (Å²) in [6, 6.07) is 20.9. The van der Waals surface area contributed by atoms with Gasteiger partial charge in [-0.15, -0.1) is 0 Å². The first-order chi connectivity index (χ1) is 14.4. The number of ether oxygens (including phenoxy) is 2. The number of benzene rings is 3. The molecule has 0 unspecified atom stereocenters. The predicted molar refractivity (Wildman–Crippen MR) is 111 cm³/mol. The molecule has 0 amide bonds. The van der Waals surface area contributed by atoms with E-state index in [1.54, 1.807) is 12.1 Å². The summed E-state index contributed by atoms with van der Waals surface area (Å²) in [5, 5.41) is 9.01. The van der Waals surface area contributed by atoms with Crippen molar-refractivity contribution < 1.29 is 33.7 Å². The molecule has 0 radical (unpaired) electrons. The van der Waals surface area contributed by atoms with E-state index >= 15 is 0 Å². The lowest BCUT2D eigenvalue weighted by Crippen LogP contribution is -2.06. The van der Waals surface area contributed by atoms with Gasteiger partial charge in [-0.05, 0) is 53.6 Å². The van der Waals surface area contributed by atoms with Gasteiger partial charge in [-0.3, -0.25) is 9.36 Å². The topological polar surface area (TPSA) is 113 Å². The molecular formula is C22H21O7P. The number of rotatable bonds is 9. The molecule has 0 fully saturated rings. The van der Waals surface area contributed by atoms with Gasteiger partial charge in [-0.2, -0.15) is 0 Å². The maximum atomic E-state index is 12.0. The Hall–Kier alpha value is -2.96. The van der Waals surface area contributed by atoms with Crippen LogP contribution in [0, 0.1) is 0 Å². The van der Waals surface area contributed by atoms with E-state index in [-0.39, 0.29) is 18.8 Å². The molecule has 3 aromatic rings. The third-order valence-corrected chi connectivity index (χ3v) is 5.01. The minimum atomic E-state index is -4.89. The van der Waals surface area contributed by atoms with Gasteiger partial charge in [0.1, 0.15) is 23.9 Å². The van der Waals surface area contributed by atoms with Crippen LogP contribution in [0.15, 0.2) is 72.8 Å². The number of carbonyl (C=O) groups excluding carboxylic acids is 1. The lowest BCUT2D eigenvalue weighted by molar-refractivity contribution is 0.104. The lowest BCUT2D eigenvalue weighted by atomic mass is 10.0. The van der Waals surface area contributed by atoms with E-state index in [0.29, 0.717) is 29.2 Å². The van der Waals surface area contributed by atoms with Gasteiger partial charge in [0.15, 0.2) is 0 Å². The van der Waals surface area contributed by atoms with Crippen LogP contribution in [-0.2, 0) is 11.0 Å². The largest absolute Gasteiger partial charge is 0.491 e. The van der Waals surface area contributed by atoms with Crippen molar-refractivity contribution in [3.63, 3.8) is 0 Å². The van der Waals surface area contributed by atoms with Crippen LogP contribution in [0.3, 0.4) is 0 Å². The van der Waals surface area contributed by atoms with Crippen LogP contribution in [-0.4, -0.2) is 33.6 Å². The van der Waals surface area contributed by atoms with E-state index in [1.807, 2.05) is 42.5 Å². The monoisotopic (exact) mass is 428 g/mol. The molecule has 0 aromatic heterocycles. The van der Waals surface area contributed by atoms with Crippen molar-refractivity contribution in [3.05, 3.63) is 89.5 Å². The van der Waals surface area contributed by atoms with Gasteiger partial charge >= 0.3 is 7.60 Å². The molecule has 7 nitrogen and oxygen atoms in total. The first kappa shape index (κ1) is 21.7. The number of hydrogen-bond acceptors (Lipinski definition) is 5. The molecule has 3 N–H and O–H groups in total. The smallest absolute Gasteiger partial charge is 0.396 e. The van der Waals surface area contributed by atoms with Gasteiger partial charge in [0, 0.05) is 12.0 Å².